The van der Waals surface area contributed by atoms with Crippen molar-refractivity contribution >= 4 is 23.5 Å². The maximum Gasteiger partial charge on any atom is 0.258 e. The Morgan fingerprint density at radius 1 is 1.30 bits per heavy atom. The summed E-state index contributed by atoms with van der Waals surface area (Å²) in [6, 6.07) is 5.40. The highest BCUT2D eigenvalue weighted by molar-refractivity contribution is 8.06. The van der Waals surface area contributed by atoms with Gasteiger partial charge in [-0.1, -0.05) is 18.1 Å². The van der Waals surface area contributed by atoms with E-state index < -0.39 is 0 Å². The molecule has 0 amide bonds. The standard InChI is InChI=1S/C14H16N2O2S2/c1-8-3-4-10(7-11(8)17)14-15-13(16-18-14)12-9(2)19-5-6-20-12/h3-4,7,9,12,17H,5-6H2,1-2H3. The van der Waals surface area contributed by atoms with Crippen molar-refractivity contribution in [2.24, 2.45) is 0 Å². The predicted octanol–water partition coefficient (Wildman–Crippen LogP) is 3.66. The van der Waals surface area contributed by atoms with Crippen LogP contribution >= 0.6 is 23.5 Å². The Labute approximate surface area is 126 Å². The van der Waals surface area contributed by atoms with E-state index in [2.05, 4.69) is 17.1 Å². The van der Waals surface area contributed by atoms with E-state index in [1.165, 1.54) is 5.75 Å². The van der Waals surface area contributed by atoms with E-state index in [-0.39, 0.29) is 11.0 Å². The van der Waals surface area contributed by atoms with E-state index in [4.69, 9.17) is 4.52 Å². The zero-order valence-electron chi connectivity index (χ0n) is 11.4. The quantitative estimate of drug-likeness (QED) is 0.913. The van der Waals surface area contributed by atoms with Gasteiger partial charge >= 0.3 is 0 Å². The van der Waals surface area contributed by atoms with Gasteiger partial charge in [-0.25, -0.2) is 0 Å². The summed E-state index contributed by atoms with van der Waals surface area (Å²) in [5.74, 6) is 3.77. The van der Waals surface area contributed by atoms with Gasteiger partial charge in [0.05, 0.1) is 5.25 Å². The Hall–Kier alpha value is -1.14. The predicted molar refractivity (Wildman–Crippen MR) is 83.3 cm³/mol. The van der Waals surface area contributed by atoms with Crippen LogP contribution in [0.3, 0.4) is 0 Å². The summed E-state index contributed by atoms with van der Waals surface area (Å²) in [7, 11) is 0. The molecule has 1 aromatic carbocycles. The van der Waals surface area contributed by atoms with Crippen LogP contribution in [0.2, 0.25) is 0 Å². The van der Waals surface area contributed by atoms with Crippen LogP contribution in [0.1, 0.15) is 23.6 Å². The van der Waals surface area contributed by atoms with Crippen molar-refractivity contribution in [1.29, 1.82) is 0 Å². The van der Waals surface area contributed by atoms with E-state index in [9.17, 15) is 5.11 Å². The van der Waals surface area contributed by atoms with Gasteiger partial charge in [0.1, 0.15) is 5.75 Å². The maximum atomic E-state index is 9.76. The minimum absolute atomic E-state index is 0.248. The van der Waals surface area contributed by atoms with E-state index >= 15 is 0 Å². The van der Waals surface area contributed by atoms with Gasteiger partial charge < -0.3 is 9.63 Å². The van der Waals surface area contributed by atoms with Gasteiger partial charge in [0.15, 0.2) is 5.82 Å². The van der Waals surface area contributed by atoms with Crippen LogP contribution in [-0.2, 0) is 0 Å². The molecule has 2 aromatic rings. The molecule has 1 fully saturated rings. The third-order valence-electron chi connectivity index (χ3n) is 3.34. The SMILES string of the molecule is Cc1ccc(-c2nc(C3SCCSC3C)no2)cc1O. The van der Waals surface area contributed by atoms with Gasteiger partial charge in [0.25, 0.3) is 5.89 Å². The Bertz CT molecular complexity index is 615. The summed E-state index contributed by atoms with van der Waals surface area (Å²) in [5.41, 5.74) is 1.59. The van der Waals surface area contributed by atoms with Gasteiger partial charge in [-0.3, -0.25) is 0 Å². The lowest BCUT2D eigenvalue weighted by Gasteiger charge is -2.24. The fourth-order valence-electron chi connectivity index (χ4n) is 2.13. The first-order valence-electron chi connectivity index (χ1n) is 6.52. The van der Waals surface area contributed by atoms with Gasteiger partial charge in [0.2, 0.25) is 0 Å². The second-order valence-electron chi connectivity index (χ2n) is 4.83. The summed E-state index contributed by atoms with van der Waals surface area (Å²) in [5, 5.41) is 14.7. The molecule has 3 rings (SSSR count). The molecule has 1 saturated heterocycles. The Morgan fingerprint density at radius 2 is 2.10 bits per heavy atom. The molecule has 0 radical (unpaired) electrons. The summed E-state index contributed by atoms with van der Waals surface area (Å²) in [6.45, 7) is 4.06. The van der Waals surface area contributed by atoms with Crippen LogP contribution in [0.25, 0.3) is 11.5 Å². The lowest BCUT2D eigenvalue weighted by Crippen LogP contribution is -2.16. The summed E-state index contributed by atoms with van der Waals surface area (Å²) >= 11 is 3.83. The highest BCUT2D eigenvalue weighted by Gasteiger charge is 2.28. The molecule has 2 heterocycles. The Morgan fingerprint density at radius 3 is 2.85 bits per heavy atom. The first-order valence-corrected chi connectivity index (χ1v) is 8.61. The monoisotopic (exact) mass is 308 g/mol. The third-order valence-corrected chi connectivity index (χ3v) is 6.43. The van der Waals surface area contributed by atoms with Crippen LogP contribution < -0.4 is 0 Å². The van der Waals surface area contributed by atoms with Crippen molar-refractivity contribution in [1.82, 2.24) is 10.1 Å². The number of nitrogens with zero attached hydrogens (tertiary/aromatic N) is 2. The summed E-state index contributed by atoms with van der Waals surface area (Å²) < 4.78 is 5.35. The largest absolute Gasteiger partial charge is 0.508 e. The molecule has 106 valence electrons. The second-order valence-corrected chi connectivity index (χ2v) is 7.56. The fourth-order valence-corrected chi connectivity index (χ4v) is 4.81. The molecular formula is C14H16N2O2S2. The number of hydrogen-bond acceptors (Lipinski definition) is 6. The van der Waals surface area contributed by atoms with Crippen molar-refractivity contribution in [3.8, 4) is 17.2 Å². The third kappa shape index (κ3) is 2.67. The number of phenols is 1. The minimum Gasteiger partial charge on any atom is -0.508 e. The fraction of sp³-hybridized carbons (Fsp3) is 0.429. The minimum atomic E-state index is 0.248. The van der Waals surface area contributed by atoms with Crippen LogP contribution in [0, 0.1) is 6.92 Å². The highest BCUT2D eigenvalue weighted by Crippen LogP contribution is 2.41. The van der Waals surface area contributed by atoms with E-state index in [0.29, 0.717) is 11.1 Å². The molecule has 4 nitrogen and oxygen atoms in total. The number of aromatic hydroxyl groups is 1. The summed E-state index contributed by atoms with van der Waals surface area (Å²) in [4.78, 5) is 4.50. The molecule has 1 N–H and O–H groups in total. The number of thioether (sulfide) groups is 2. The average Bonchev–Trinajstić information content (AvgIpc) is 2.92. The van der Waals surface area contributed by atoms with E-state index in [1.807, 2.05) is 42.6 Å². The van der Waals surface area contributed by atoms with Gasteiger partial charge in [-0.05, 0) is 24.6 Å². The van der Waals surface area contributed by atoms with E-state index in [0.717, 1.165) is 22.7 Å². The average molecular weight is 308 g/mol. The number of hydrogen-bond donors (Lipinski definition) is 1. The molecule has 0 bridgehead atoms. The molecule has 1 aromatic heterocycles. The van der Waals surface area contributed by atoms with Crippen molar-refractivity contribution < 1.29 is 9.63 Å². The first kappa shape index (κ1) is 13.8. The molecule has 1 aliphatic heterocycles. The molecule has 2 atom stereocenters. The number of phenolic OH excluding ortho intramolecular Hbond substituents is 1. The number of rotatable bonds is 2. The van der Waals surface area contributed by atoms with Crippen LogP contribution in [-0.4, -0.2) is 32.0 Å². The van der Waals surface area contributed by atoms with Crippen molar-refractivity contribution in [3.05, 3.63) is 29.6 Å². The number of benzene rings is 1. The molecule has 0 spiro atoms. The summed E-state index contributed by atoms with van der Waals surface area (Å²) in [6.07, 6.45) is 0. The van der Waals surface area contributed by atoms with Gasteiger partial charge in [-0.2, -0.15) is 16.7 Å². The maximum absolute atomic E-state index is 9.76. The van der Waals surface area contributed by atoms with Crippen LogP contribution in [0.5, 0.6) is 5.75 Å². The molecule has 1 aliphatic rings. The topological polar surface area (TPSA) is 59.2 Å². The molecular weight excluding hydrogens is 292 g/mol. The van der Waals surface area contributed by atoms with Gasteiger partial charge in [0, 0.05) is 22.3 Å². The Kier molecular flexibility index (Phi) is 3.94. The smallest absolute Gasteiger partial charge is 0.258 e. The number of aromatic nitrogens is 2. The molecule has 0 aliphatic carbocycles. The van der Waals surface area contributed by atoms with Crippen molar-refractivity contribution in [3.63, 3.8) is 0 Å². The van der Waals surface area contributed by atoms with Crippen molar-refractivity contribution in [2.75, 3.05) is 11.5 Å². The van der Waals surface area contributed by atoms with Gasteiger partial charge in [-0.15, -0.1) is 11.8 Å². The lowest BCUT2D eigenvalue weighted by atomic mass is 10.1. The van der Waals surface area contributed by atoms with E-state index in [1.54, 1.807) is 6.07 Å². The highest BCUT2D eigenvalue weighted by atomic mass is 32.2. The van der Waals surface area contributed by atoms with Crippen LogP contribution in [0.15, 0.2) is 22.7 Å². The zero-order valence-corrected chi connectivity index (χ0v) is 13.0. The molecule has 2 unspecified atom stereocenters. The molecule has 20 heavy (non-hydrogen) atoms. The lowest BCUT2D eigenvalue weighted by molar-refractivity contribution is 0.421. The first-order chi connectivity index (χ1) is 9.65. The molecule has 6 heteroatoms. The second kappa shape index (κ2) is 5.69. The normalized spacial score (nSPS) is 22.9. The van der Waals surface area contributed by atoms with Crippen LogP contribution in [0.4, 0.5) is 0 Å². The number of aryl methyl sites for hydroxylation is 1. The van der Waals surface area contributed by atoms with Crippen molar-refractivity contribution in [2.45, 2.75) is 24.3 Å². The zero-order chi connectivity index (χ0) is 14.1. The Balaban J connectivity index is 1.87. The molecule has 0 saturated carbocycles.